The predicted molar refractivity (Wildman–Crippen MR) is 137 cm³/mol. The van der Waals surface area contributed by atoms with Gasteiger partial charge >= 0.3 is 0 Å². The van der Waals surface area contributed by atoms with Crippen LogP contribution in [-0.4, -0.2) is 48.8 Å². The first-order valence-electron chi connectivity index (χ1n) is 10.5. The number of carbonyl (C=O) groups is 1. The molecule has 4 rings (SSSR count). The van der Waals surface area contributed by atoms with E-state index in [4.69, 9.17) is 14.9 Å². The van der Waals surface area contributed by atoms with Gasteiger partial charge in [-0.15, -0.1) is 6.58 Å². The molecule has 9 nitrogen and oxygen atoms in total. The first-order valence-corrected chi connectivity index (χ1v) is 13.2. The minimum atomic E-state index is -3.76. The maximum Gasteiger partial charge on any atom is 0.283 e. The zero-order valence-electron chi connectivity index (χ0n) is 19.3. The minimum absolute atomic E-state index is 0.00407. The SMILES string of the molecule is C=CCc1cc(/C=C2/C(=N)N3C(=NC2=O)SN=C3S(C)(=O)=O)cc(OC)c1OCc1ccccc1F. The maximum atomic E-state index is 14.1. The predicted octanol–water partition coefficient (Wildman–Crippen LogP) is 3.76. The van der Waals surface area contributed by atoms with Gasteiger partial charge in [-0.25, -0.2) is 17.7 Å². The summed E-state index contributed by atoms with van der Waals surface area (Å²) in [6, 6.07) is 9.58. The van der Waals surface area contributed by atoms with Crippen LogP contribution in [0.5, 0.6) is 11.5 Å². The summed E-state index contributed by atoms with van der Waals surface area (Å²) < 4.78 is 53.5. The summed E-state index contributed by atoms with van der Waals surface area (Å²) in [7, 11) is -2.32. The molecule has 2 aromatic carbocycles. The van der Waals surface area contributed by atoms with Crippen LogP contribution in [0.25, 0.3) is 6.08 Å². The van der Waals surface area contributed by atoms with E-state index >= 15 is 0 Å². The van der Waals surface area contributed by atoms with Crippen LogP contribution in [0.4, 0.5) is 4.39 Å². The summed E-state index contributed by atoms with van der Waals surface area (Å²) in [5.74, 6) is -0.743. The molecule has 0 fully saturated rings. The number of fused-ring (bicyclic) bond motifs is 1. The number of amides is 1. The van der Waals surface area contributed by atoms with Gasteiger partial charge in [0.2, 0.25) is 20.2 Å². The van der Waals surface area contributed by atoms with Gasteiger partial charge in [-0.05, 0) is 36.3 Å². The van der Waals surface area contributed by atoms with Gasteiger partial charge in [0.15, 0.2) is 11.5 Å². The number of ether oxygens (including phenoxy) is 2. The largest absolute Gasteiger partial charge is 0.493 e. The summed E-state index contributed by atoms with van der Waals surface area (Å²) in [6.07, 6.45) is 4.42. The van der Waals surface area contributed by atoms with E-state index < -0.39 is 21.6 Å². The van der Waals surface area contributed by atoms with Crippen molar-refractivity contribution in [2.45, 2.75) is 13.0 Å². The second kappa shape index (κ2) is 10.1. The van der Waals surface area contributed by atoms with Crippen LogP contribution in [-0.2, 0) is 27.7 Å². The van der Waals surface area contributed by atoms with E-state index in [1.54, 1.807) is 36.4 Å². The van der Waals surface area contributed by atoms with Gasteiger partial charge < -0.3 is 9.47 Å². The molecule has 0 aliphatic carbocycles. The number of halogens is 1. The Morgan fingerprint density at radius 1 is 1.25 bits per heavy atom. The molecule has 2 heterocycles. The van der Waals surface area contributed by atoms with Crippen LogP contribution < -0.4 is 9.47 Å². The average Bonchev–Trinajstić information content (AvgIpc) is 3.26. The molecular weight excluding hydrogens is 507 g/mol. The van der Waals surface area contributed by atoms with Gasteiger partial charge in [-0.1, -0.05) is 24.3 Å². The maximum absolute atomic E-state index is 14.1. The molecule has 12 heteroatoms. The Balaban J connectivity index is 1.72. The number of methoxy groups -OCH3 is 1. The Labute approximate surface area is 211 Å². The van der Waals surface area contributed by atoms with E-state index in [2.05, 4.69) is 16.0 Å². The molecule has 2 aliphatic rings. The standard InChI is InChI=1S/C24H21FN4O5S2/c1-4-7-15-10-14(12-19(33-2)20(15)34-13-16-8-5-6-9-18(16)25)11-17-21(26)29-23(27-22(17)30)35-28-24(29)36(3,31)32/h4-6,8-12,26H,1,7,13H2,2-3H3/b17-11-,26-21?. The van der Waals surface area contributed by atoms with Crippen LogP contribution >= 0.6 is 11.9 Å². The summed E-state index contributed by atoms with van der Waals surface area (Å²) in [5, 5.41) is 8.15. The first kappa shape index (κ1) is 25.3. The third-order valence-electron chi connectivity index (χ3n) is 5.21. The van der Waals surface area contributed by atoms with Gasteiger partial charge in [-0.3, -0.25) is 10.2 Å². The Bertz CT molecular complexity index is 1480. The number of benzene rings is 2. The third-order valence-corrected chi connectivity index (χ3v) is 6.96. The van der Waals surface area contributed by atoms with Crippen LogP contribution in [0.2, 0.25) is 0 Å². The van der Waals surface area contributed by atoms with Gasteiger partial charge in [0.1, 0.15) is 18.3 Å². The number of rotatable bonds is 7. The molecule has 0 saturated heterocycles. The van der Waals surface area contributed by atoms with Crippen LogP contribution in [0.15, 0.2) is 64.0 Å². The molecule has 2 aromatic rings. The topological polar surface area (TPSA) is 121 Å². The van der Waals surface area contributed by atoms with Gasteiger partial charge in [0.25, 0.3) is 5.91 Å². The molecule has 2 aliphatic heterocycles. The van der Waals surface area contributed by atoms with Crippen LogP contribution in [0.3, 0.4) is 0 Å². The van der Waals surface area contributed by atoms with Crippen molar-refractivity contribution in [3.8, 4) is 11.5 Å². The summed E-state index contributed by atoms with van der Waals surface area (Å²) in [5.41, 5.74) is 1.39. The monoisotopic (exact) mass is 528 g/mol. The number of hydrogen-bond donors (Lipinski definition) is 1. The Kier molecular flexibility index (Phi) is 7.09. The van der Waals surface area contributed by atoms with E-state index in [-0.39, 0.29) is 28.4 Å². The lowest BCUT2D eigenvalue weighted by atomic mass is 10.0. The molecular formula is C24H21FN4O5S2. The average molecular weight is 529 g/mol. The number of hydrogen-bond acceptors (Lipinski definition) is 8. The fourth-order valence-electron chi connectivity index (χ4n) is 3.56. The molecule has 0 radical (unpaired) electrons. The number of nitrogens with zero attached hydrogens (tertiary/aromatic N) is 3. The number of sulfone groups is 1. The Morgan fingerprint density at radius 2 is 2.00 bits per heavy atom. The van der Waals surface area contributed by atoms with Crippen LogP contribution in [0.1, 0.15) is 16.7 Å². The van der Waals surface area contributed by atoms with Crippen molar-refractivity contribution in [1.82, 2.24) is 4.90 Å². The van der Waals surface area contributed by atoms with E-state index in [1.165, 1.54) is 19.3 Å². The number of carbonyl (C=O) groups excluding carboxylic acids is 1. The third kappa shape index (κ3) is 4.95. The van der Waals surface area contributed by atoms with Crippen LogP contribution in [0, 0.1) is 11.2 Å². The molecule has 1 N–H and O–H groups in total. The molecule has 186 valence electrons. The normalized spacial score (nSPS) is 16.5. The highest BCUT2D eigenvalue weighted by molar-refractivity contribution is 8.16. The summed E-state index contributed by atoms with van der Waals surface area (Å²) >= 11 is 0.720. The van der Waals surface area contributed by atoms with Crippen molar-refractivity contribution in [2.75, 3.05) is 13.4 Å². The number of amidine groups is 3. The number of allylic oxidation sites excluding steroid dienone is 1. The van der Waals surface area contributed by atoms with Crippen molar-refractivity contribution < 1.29 is 27.1 Å². The second-order valence-corrected chi connectivity index (χ2v) is 10.4. The van der Waals surface area contributed by atoms with Crippen molar-refractivity contribution in [1.29, 1.82) is 5.41 Å². The van der Waals surface area contributed by atoms with Crippen molar-refractivity contribution in [2.24, 2.45) is 9.39 Å². The smallest absolute Gasteiger partial charge is 0.283 e. The zero-order valence-corrected chi connectivity index (χ0v) is 21.0. The van der Waals surface area contributed by atoms with E-state index in [0.29, 0.717) is 34.6 Å². The summed E-state index contributed by atoms with van der Waals surface area (Å²) in [4.78, 5) is 17.6. The van der Waals surface area contributed by atoms with E-state index in [1.807, 2.05) is 0 Å². The fraction of sp³-hybridized carbons (Fsp3) is 0.167. The lowest BCUT2D eigenvalue weighted by molar-refractivity contribution is -0.114. The lowest BCUT2D eigenvalue weighted by Gasteiger charge is -2.24. The summed E-state index contributed by atoms with van der Waals surface area (Å²) in [6.45, 7) is 3.73. The minimum Gasteiger partial charge on any atom is -0.493 e. The van der Waals surface area contributed by atoms with E-state index in [0.717, 1.165) is 23.1 Å². The Hall–Kier alpha value is -3.77. The van der Waals surface area contributed by atoms with Crippen molar-refractivity contribution in [3.63, 3.8) is 0 Å². The number of nitrogens with one attached hydrogen (secondary N) is 1. The molecule has 0 aromatic heterocycles. The van der Waals surface area contributed by atoms with Gasteiger partial charge in [-0.2, -0.15) is 9.39 Å². The highest BCUT2D eigenvalue weighted by Gasteiger charge is 2.41. The molecule has 36 heavy (non-hydrogen) atoms. The molecule has 0 spiro atoms. The van der Waals surface area contributed by atoms with E-state index in [9.17, 15) is 17.6 Å². The molecule has 0 saturated carbocycles. The molecule has 0 atom stereocenters. The molecule has 0 bridgehead atoms. The van der Waals surface area contributed by atoms with Crippen molar-refractivity contribution in [3.05, 3.63) is 77.1 Å². The highest BCUT2D eigenvalue weighted by atomic mass is 32.2. The quantitative estimate of drug-likeness (QED) is 0.330. The van der Waals surface area contributed by atoms with Gasteiger partial charge in [0.05, 0.1) is 24.6 Å². The Morgan fingerprint density at radius 3 is 2.67 bits per heavy atom. The first-order chi connectivity index (χ1) is 17.1. The zero-order chi connectivity index (χ0) is 26.0. The van der Waals surface area contributed by atoms with Crippen molar-refractivity contribution >= 4 is 49.9 Å². The highest BCUT2D eigenvalue weighted by Crippen LogP contribution is 2.36. The number of aliphatic imine (C=N–C) groups is 1. The van der Waals surface area contributed by atoms with Gasteiger partial charge in [0, 0.05) is 17.4 Å². The molecule has 0 unspecified atom stereocenters. The fourth-order valence-corrected chi connectivity index (χ4v) is 5.40. The lowest BCUT2D eigenvalue weighted by Crippen LogP contribution is -2.45. The second-order valence-electron chi connectivity index (χ2n) is 7.76. The molecule has 1 amide bonds.